The van der Waals surface area contributed by atoms with Crippen LogP contribution in [0, 0.1) is 0 Å². The van der Waals surface area contributed by atoms with Gasteiger partial charge in [0, 0.05) is 6.04 Å². The van der Waals surface area contributed by atoms with Crippen LogP contribution in [0.25, 0.3) is 0 Å². The van der Waals surface area contributed by atoms with Crippen molar-refractivity contribution in [2.24, 2.45) is 0 Å². The van der Waals surface area contributed by atoms with Gasteiger partial charge in [-0.3, -0.25) is 24.2 Å². The number of Topliss-reactive ketones (excluding diaryl/α,β-unsaturated/α-hetero) is 1. The van der Waals surface area contributed by atoms with E-state index in [2.05, 4.69) is 5.32 Å². The summed E-state index contributed by atoms with van der Waals surface area (Å²) in [6.07, 6.45) is 0.810. The Morgan fingerprint density at radius 3 is 2.61 bits per heavy atom. The van der Waals surface area contributed by atoms with Crippen LogP contribution in [0.2, 0.25) is 0 Å². The van der Waals surface area contributed by atoms with Crippen LogP contribution in [0.5, 0.6) is 0 Å². The number of ketones is 1. The molecular formula is C17H23N3O3. The number of carbonyl (C=O) groups is 3. The third-order valence-corrected chi connectivity index (χ3v) is 3.69. The molecule has 0 radical (unpaired) electrons. The van der Waals surface area contributed by atoms with E-state index in [0.29, 0.717) is 11.3 Å². The summed E-state index contributed by atoms with van der Waals surface area (Å²) in [6.45, 7) is 6.15. The Balaban J connectivity index is 2.11. The SMILES string of the molecule is CCc1ccc2c(c1)C(=O)C(=O)N2CN(C)CC(=O)NC(C)C. The first-order chi connectivity index (χ1) is 10.8. The van der Waals surface area contributed by atoms with Crippen molar-refractivity contribution < 1.29 is 14.4 Å². The second-order valence-electron chi connectivity index (χ2n) is 6.15. The van der Waals surface area contributed by atoms with E-state index in [1.807, 2.05) is 26.8 Å². The highest BCUT2D eigenvalue weighted by atomic mass is 16.2. The number of hydrogen-bond acceptors (Lipinski definition) is 4. The summed E-state index contributed by atoms with van der Waals surface area (Å²) in [7, 11) is 1.75. The van der Waals surface area contributed by atoms with Gasteiger partial charge in [-0.05, 0) is 45.0 Å². The normalized spacial score (nSPS) is 13.9. The maximum atomic E-state index is 12.2. The highest BCUT2D eigenvalue weighted by Gasteiger charge is 2.36. The van der Waals surface area contributed by atoms with Gasteiger partial charge in [-0.25, -0.2) is 0 Å². The van der Waals surface area contributed by atoms with Crippen molar-refractivity contribution >= 4 is 23.3 Å². The molecule has 124 valence electrons. The lowest BCUT2D eigenvalue weighted by Gasteiger charge is -2.24. The average molecular weight is 317 g/mol. The number of rotatable bonds is 6. The summed E-state index contributed by atoms with van der Waals surface area (Å²) in [6, 6.07) is 5.57. The Labute approximate surface area is 136 Å². The number of anilines is 1. The van der Waals surface area contributed by atoms with E-state index in [1.165, 1.54) is 4.90 Å². The zero-order chi connectivity index (χ0) is 17.1. The minimum absolute atomic E-state index is 0.0686. The number of hydrogen-bond donors (Lipinski definition) is 1. The van der Waals surface area contributed by atoms with Crippen molar-refractivity contribution in [2.45, 2.75) is 33.2 Å². The average Bonchev–Trinajstić information content (AvgIpc) is 2.71. The van der Waals surface area contributed by atoms with Crippen LogP contribution in [0.15, 0.2) is 18.2 Å². The molecule has 1 N–H and O–H groups in total. The molecule has 0 saturated carbocycles. The molecule has 6 nitrogen and oxygen atoms in total. The molecule has 0 saturated heterocycles. The molecule has 0 bridgehead atoms. The van der Waals surface area contributed by atoms with Gasteiger partial charge in [0.2, 0.25) is 5.91 Å². The lowest BCUT2D eigenvalue weighted by Crippen LogP contribution is -2.44. The van der Waals surface area contributed by atoms with Crippen LogP contribution in [0.3, 0.4) is 0 Å². The lowest BCUT2D eigenvalue weighted by molar-refractivity contribution is -0.123. The number of nitrogens with zero attached hydrogens (tertiary/aromatic N) is 2. The Kier molecular flexibility index (Phi) is 5.15. The Bertz CT molecular complexity index is 640. The first-order valence-corrected chi connectivity index (χ1v) is 7.80. The predicted molar refractivity (Wildman–Crippen MR) is 88.4 cm³/mol. The van der Waals surface area contributed by atoms with Crippen molar-refractivity contribution in [3.63, 3.8) is 0 Å². The second kappa shape index (κ2) is 6.91. The summed E-state index contributed by atoms with van der Waals surface area (Å²) < 4.78 is 0. The number of nitrogens with one attached hydrogen (secondary N) is 1. The molecule has 2 amide bonds. The molecule has 1 aliphatic rings. The molecule has 0 spiro atoms. The van der Waals surface area contributed by atoms with Crippen molar-refractivity contribution in [1.82, 2.24) is 10.2 Å². The lowest BCUT2D eigenvalue weighted by atomic mass is 10.1. The van der Waals surface area contributed by atoms with Crippen LogP contribution in [-0.2, 0) is 16.0 Å². The first-order valence-electron chi connectivity index (χ1n) is 7.80. The third kappa shape index (κ3) is 3.76. The Morgan fingerprint density at radius 2 is 2.00 bits per heavy atom. The summed E-state index contributed by atoms with van der Waals surface area (Å²) >= 11 is 0. The maximum absolute atomic E-state index is 12.2. The van der Waals surface area contributed by atoms with Crippen LogP contribution >= 0.6 is 0 Å². The van der Waals surface area contributed by atoms with Gasteiger partial charge in [0.25, 0.3) is 5.78 Å². The quantitative estimate of drug-likeness (QED) is 0.800. The first kappa shape index (κ1) is 17.1. The van der Waals surface area contributed by atoms with E-state index in [-0.39, 0.29) is 25.2 Å². The van der Waals surface area contributed by atoms with Gasteiger partial charge in [-0.2, -0.15) is 0 Å². The highest BCUT2D eigenvalue weighted by molar-refractivity contribution is 6.52. The van der Waals surface area contributed by atoms with Gasteiger partial charge in [-0.1, -0.05) is 13.0 Å². The number of benzene rings is 1. The molecule has 1 aromatic carbocycles. The van der Waals surface area contributed by atoms with Crippen molar-refractivity contribution in [3.05, 3.63) is 29.3 Å². The van der Waals surface area contributed by atoms with E-state index in [1.54, 1.807) is 24.1 Å². The van der Waals surface area contributed by atoms with E-state index in [9.17, 15) is 14.4 Å². The van der Waals surface area contributed by atoms with E-state index >= 15 is 0 Å². The molecular weight excluding hydrogens is 294 g/mol. The molecule has 1 heterocycles. The molecule has 1 aromatic rings. The summed E-state index contributed by atoms with van der Waals surface area (Å²) in [4.78, 5) is 39.3. The van der Waals surface area contributed by atoms with Gasteiger partial charge >= 0.3 is 5.91 Å². The molecule has 6 heteroatoms. The van der Waals surface area contributed by atoms with Gasteiger partial charge in [-0.15, -0.1) is 0 Å². The topological polar surface area (TPSA) is 69.7 Å². The predicted octanol–water partition coefficient (Wildman–Crippen LogP) is 1.19. The van der Waals surface area contributed by atoms with Crippen LogP contribution < -0.4 is 10.2 Å². The molecule has 0 aromatic heterocycles. The fourth-order valence-corrected chi connectivity index (χ4v) is 2.61. The fraction of sp³-hybridized carbons (Fsp3) is 0.471. The maximum Gasteiger partial charge on any atom is 0.300 e. The highest BCUT2D eigenvalue weighted by Crippen LogP contribution is 2.29. The minimum Gasteiger partial charge on any atom is -0.353 e. The molecule has 2 rings (SSSR count). The van der Waals surface area contributed by atoms with E-state index < -0.39 is 11.7 Å². The zero-order valence-electron chi connectivity index (χ0n) is 14.0. The second-order valence-corrected chi connectivity index (χ2v) is 6.15. The van der Waals surface area contributed by atoms with Gasteiger partial charge < -0.3 is 5.32 Å². The van der Waals surface area contributed by atoms with Crippen LogP contribution in [0.1, 0.15) is 36.7 Å². The molecule has 0 aliphatic carbocycles. The van der Waals surface area contributed by atoms with Crippen LogP contribution in [-0.4, -0.2) is 48.8 Å². The van der Waals surface area contributed by atoms with Crippen molar-refractivity contribution in [2.75, 3.05) is 25.2 Å². The van der Waals surface area contributed by atoms with Gasteiger partial charge in [0.1, 0.15) is 0 Å². The van der Waals surface area contributed by atoms with Gasteiger partial charge in [0.15, 0.2) is 0 Å². The number of carbonyl (C=O) groups excluding carboxylic acids is 3. The summed E-state index contributed by atoms with van der Waals surface area (Å²) in [5.41, 5.74) is 2.10. The zero-order valence-corrected chi connectivity index (χ0v) is 14.0. The number of aryl methyl sites for hydroxylation is 1. The molecule has 1 aliphatic heterocycles. The fourth-order valence-electron chi connectivity index (χ4n) is 2.61. The molecule has 23 heavy (non-hydrogen) atoms. The molecule has 0 unspecified atom stereocenters. The molecule has 0 fully saturated rings. The van der Waals surface area contributed by atoms with Crippen LogP contribution in [0.4, 0.5) is 5.69 Å². The Hall–Kier alpha value is -2.21. The van der Waals surface area contributed by atoms with E-state index in [4.69, 9.17) is 0 Å². The number of fused-ring (bicyclic) bond motifs is 1. The van der Waals surface area contributed by atoms with Crippen molar-refractivity contribution in [3.8, 4) is 0 Å². The van der Waals surface area contributed by atoms with Crippen molar-refractivity contribution in [1.29, 1.82) is 0 Å². The monoisotopic (exact) mass is 317 g/mol. The summed E-state index contributed by atoms with van der Waals surface area (Å²) in [5, 5.41) is 2.80. The largest absolute Gasteiger partial charge is 0.353 e. The summed E-state index contributed by atoms with van der Waals surface area (Å²) in [5.74, 6) is -1.12. The standard InChI is InChI=1S/C17H23N3O3/c1-5-12-6-7-14-13(8-12)16(22)17(23)20(14)10-19(4)9-15(21)18-11(2)3/h6-8,11H,5,9-10H2,1-4H3,(H,18,21). The molecule has 0 atom stereocenters. The van der Waals surface area contributed by atoms with E-state index in [0.717, 1.165) is 12.0 Å². The smallest absolute Gasteiger partial charge is 0.300 e. The number of likely N-dealkylation sites (N-methyl/N-ethyl adjacent to an activating group) is 1. The third-order valence-electron chi connectivity index (χ3n) is 3.69. The minimum atomic E-state index is -0.538. The van der Waals surface area contributed by atoms with Gasteiger partial charge in [0.05, 0.1) is 24.5 Å². The Morgan fingerprint density at radius 1 is 1.30 bits per heavy atom. The number of amides is 2.